The Kier molecular flexibility index (Phi) is 4.89. The minimum absolute atomic E-state index is 0.0166. The van der Waals surface area contributed by atoms with Gasteiger partial charge in [0.1, 0.15) is 0 Å². The molecule has 0 saturated carbocycles. The van der Waals surface area contributed by atoms with Crippen LogP contribution in [0.15, 0.2) is 29.2 Å². The Bertz CT molecular complexity index is 456. The van der Waals surface area contributed by atoms with Gasteiger partial charge in [-0.25, -0.2) is 0 Å². The summed E-state index contributed by atoms with van der Waals surface area (Å²) in [5.74, 6) is 0.616. The predicted molar refractivity (Wildman–Crippen MR) is 86.9 cm³/mol. The fourth-order valence-corrected chi connectivity index (χ4v) is 4.11. The highest BCUT2D eigenvalue weighted by atomic mass is 32.2. The van der Waals surface area contributed by atoms with E-state index in [-0.39, 0.29) is 5.60 Å². The fraction of sp³-hybridized carbons (Fsp3) is 0.647. The van der Waals surface area contributed by atoms with Gasteiger partial charge in [0.2, 0.25) is 0 Å². The van der Waals surface area contributed by atoms with Crippen molar-refractivity contribution in [2.75, 3.05) is 33.1 Å². The molecule has 21 heavy (non-hydrogen) atoms. The van der Waals surface area contributed by atoms with Crippen LogP contribution in [0.4, 0.5) is 0 Å². The van der Waals surface area contributed by atoms with Gasteiger partial charge >= 0.3 is 0 Å². The van der Waals surface area contributed by atoms with Gasteiger partial charge in [0.15, 0.2) is 0 Å². The van der Waals surface area contributed by atoms with Crippen molar-refractivity contribution < 1.29 is 9.47 Å². The van der Waals surface area contributed by atoms with Gasteiger partial charge < -0.3 is 14.8 Å². The van der Waals surface area contributed by atoms with Crippen molar-refractivity contribution in [3.63, 3.8) is 0 Å². The second kappa shape index (κ2) is 6.69. The number of nitrogens with one attached hydrogen (secondary N) is 1. The molecule has 0 bridgehead atoms. The molecule has 0 aliphatic carbocycles. The van der Waals surface area contributed by atoms with E-state index < -0.39 is 0 Å². The molecule has 3 rings (SSSR count). The van der Waals surface area contributed by atoms with Crippen LogP contribution >= 0.6 is 11.8 Å². The summed E-state index contributed by atoms with van der Waals surface area (Å²) in [4.78, 5) is 1.32. The van der Waals surface area contributed by atoms with Crippen LogP contribution < -0.4 is 5.32 Å². The zero-order chi connectivity index (χ0) is 14.7. The molecule has 4 heteroatoms. The average Bonchev–Trinajstić information content (AvgIpc) is 2.96. The molecule has 2 heterocycles. The highest BCUT2D eigenvalue weighted by molar-refractivity contribution is 7.98. The minimum atomic E-state index is -0.0166. The lowest BCUT2D eigenvalue weighted by Gasteiger charge is -2.40. The van der Waals surface area contributed by atoms with Crippen LogP contribution in [0.3, 0.4) is 0 Å². The first-order chi connectivity index (χ1) is 10.3. The van der Waals surface area contributed by atoms with Crippen LogP contribution in [-0.4, -0.2) is 38.7 Å². The van der Waals surface area contributed by atoms with Gasteiger partial charge in [0, 0.05) is 30.6 Å². The number of benzene rings is 1. The summed E-state index contributed by atoms with van der Waals surface area (Å²) in [7, 11) is 2.07. The van der Waals surface area contributed by atoms with E-state index in [0.29, 0.717) is 12.0 Å². The molecule has 3 unspecified atom stereocenters. The monoisotopic (exact) mass is 307 g/mol. The molecule has 2 aliphatic rings. The lowest BCUT2D eigenvalue weighted by atomic mass is 9.79. The third-order valence-corrected chi connectivity index (χ3v) is 5.60. The first kappa shape index (κ1) is 15.3. The average molecular weight is 307 g/mol. The van der Waals surface area contributed by atoms with Crippen molar-refractivity contribution in [2.24, 2.45) is 5.92 Å². The van der Waals surface area contributed by atoms with Gasteiger partial charge in [-0.3, -0.25) is 0 Å². The maximum absolute atomic E-state index is 6.07. The molecule has 116 valence electrons. The van der Waals surface area contributed by atoms with E-state index in [4.69, 9.17) is 9.47 Å². The van der Waals surface area contributed by atoms with Gasteiger partial charge in [-0.05, 0) is 49.8 Å². The SMILES string of the molecule is CNC(c1ccc(SC)cc1)C1CCOC2(CCOC2)C1. The first-order valence-electron chi connectivity index (χ1n) is 7.79. The molecule has 1 aromatic carbocycles. The Morgan fingerprint density at radius 1 is 1.29 bits per heavy atom. The van der Waals surface area contributed by atoms with Gasteiger partial charge in [0.05, 0.1) is 12.2 Å². The summed E-state index contributed by atoms with van der Waals surface area (Å²) in [5.41, 5.74) is 1.37. The number of rotatable bonds is 4. The zero-order valence-electron chi connectivity index (χ0n) is 12.9. The van der Waals surface area contributed by atoms with Crippen LogP contribution in [0, 0.1) is 5.92 Å². The van der Waals surface area contributed by atoms with Crippen LogP contribution in [0.2, 0.25) is 0 Å². The second-order valence-corrected chi connectivity index (χ2v) is 7.01. The number of thioether (sulfide) groups is 1. The maximum Gasteiger partial charge on any atom is 0.0940 e. The molecule has 0 aromatic heterocycles. The molecule has 2 fully saturated rings. The number of hydrogen-bond donors (Lipinski definition) is 1. The molecule has 3 nitrogen and oxygen atoms in total. The molecular formula is C17H25NO2S. The fourth-order valence-electron chi connectivity index (χ4n) is 3.70. The van der Waals surface area contributed by atoms with Crippen molar-refractivity contribution in [2.45, 2.75) is 35.8 Å². The Morgan fingerprint density at radius 3 is 2.71 bits per heavy atom. The Balaban J connectivity index is 1.75. The molecular weight excluding hydrogens is 282 g/mol. The Morgan fingerprint density at radius 2 is 2.10 bits per heavy atom. The van der Waals surface area contributed by atoms with Crippen molar-refractivity contribution >= 4 is 11.8 Å². The van der Waals surface area contributed by atoms with Crippen LogP contribution in [0.25, 0.3) is 0 Å². The molecule has 2 saturated heterocycles. The topological polar surface area (TPSA) is 30.5 Å². The summed E-state index contributed by atoms with van der Waals surface area (Å²) in [6.07, 6.45) is 5.39. The van der Waals surface area contributed by atoms with Gasteiger partial charge in [0.25, 0.3) is 0 Å². The first-order valence-corrected chi connectivity index (χ1v) is 9.02. The normalized spacial score (nSPS) is 30.7. The summed E-state index contributed by atoms with van der Waals surface area (Å²) < 4.78 is 11.7. The molecule has 0 radical (unpaired) electrons. The number of hydrogen-bond acceptors (Lipinski definition) is 4. The predicted octanol–water partition coefficient (Wildman–Crippen LogP) is 3.25. The Labute approximate surface area is 131 Å². The molecule has 1 aromatic rings. The second-order valence-electron chi connectivity index (χ2n) is 6.13. The van der Waals surface area contributed by atoms with E-state index in [1.807, 2.05) is 0 Å². The highest BCUT2D eigenvalue weighted by Gasteiger charge is 2.42. The summed E-state index contributed by atoms with van der Waals surface area (Å²) in [6.45, 7) is 2.47. The van der Waals surface area contributed by atoms with E-state index in [1.54, 1.807) is 11.8 Å². The molecule has 1 N–H and O–H groups in total. The van der Waals surface area contributed by atoms with E-state index in [2.05, 4.69) is 42.9 Å². The summed E-state index contributed by atoms with van der Waals surface area (Å²) in [6, 6.07) is 9.37. The van der Waals surface area contributed by atoms with Crippen LogP contribution in [-0.2, 0) is 9.47 Å². The van der Waals surface area contributed by atoms with E-state index in [0.717, 1.165) is 39.1 Å². The van der Waals surface area contributed by atoms with Crippen molar-refractivity contribution in [1.82, 2.24) is 5.32 Å². The van der Waals surface area contributed by atoms with Gasteiger partial charge in [-0.1, -0.05) is 12.1 Å². The van der Waals surface area contributed by atoms with Crippen molar-refractivity contribution in [3.8, 4) is 0 Å². The minimum Gasteiger partial charge on any atom is -0.378 e. The van der Waals surface area contributed by atoms with Gasteiger partial charge in [-0.15, -0.1) is 11.8 Å². The van der Waals surface area contributed by atoms with Crippen molar-refractivity contribution in [3.05, 3.63) is 29.8 Å². The maximum atomic E-state index is 6.07. The van der Waals surface area contributed by atoms with Crippen LogP contribution in [0.5, 0.6) is 0 Å². The van der Waals surface area contributed by atoms with E-state index in [1.165, 1.54) is 10.5 Å². The standard InChI is InChI=1S/C17H25NO2S/c1-18-16(13-3-5-15(21-2)6-4-13)14-7-9-20-17(11-14)8-10-19-12-17/h3-6,14,16,18H,7-12H2,1-2H3. The molecule has 3 atom stereocenters. The third-order valence-electron chi connectivity index (χ3n) is 4.86. The van der Waals surface area contributed by atoms with Gasteiger partial charge in [-0.2, -0.15) is 0 Å². The lowest BCUT2D eigenvalue weighted by Crippen LogP contribution is -2.43. The summed E-state index contributed by atoms with van der Waals surface area (Å²) >= 11 is 1.79. The quantitative estimate of drug-likeness (QED) is 0.865. The molecule has 0 amide bonds. The zero-order valence-corrected chi connectivity index (χ0v) is 13.7. The smallest absolute Gasteiger partial charge is 0.0940 e. The number of ether oxygens (including phenoxy) is 2. The van der Waals surface area contributed by atoms with Crippen molar-refractivity contribution in [1.29, 1.82) is 0 Å². The molecule has 1 spiro atoms. The largest absolute Gasteiger partial charge is 0.378 e. The highest BCUT2D eigenvalue weighted by Crippen LogP contribution is 2.41. The third kappa shape index (κ3) is 3.29. The van der Waals surface area contributed by atoms with Crippen LogP contribution in [0.1, 0.15) is 30.9 Å². The summed E-state index contributed by atoms with van der Waals surface area (Å²) in [5, 5.41) is 3.53. The van der Waals surface area contributed by atoms with E-state index >= 15 is 0 Å². The lowest BCUT2D eigenvalue weighted by molar-refractivity contribution is -0.103. The Hall–Kier alpha value is -0.550. The van der Waals surface area contributed by atoms with E-state index in [9.17, 15) is 0 Å². The molecule has 2 aliphatic heterocycles.